The summed E-state index contributed by atoms with van der Waals surface area (Å²) < 4.78 is 10.8. The van der Waals surface area contributed by atoms with Gasteiger partial charge in [0.1, 0.15) is 0 Å². The first-order chi connectivity index (χ1) is 15.2. The lowest BCUT2D eigenvalue weighted by Crippen LogP contribution is -2.32. The Morgan fingerprint density at radius 2 is 1.81 bits per heavy atom. The Morgan fingerprint density at radius 1 is 1.00 bits per heavy atom. The van der Waals surface area contributed by atoms with E-state index in [2.05, 4.69) is 34.1 Å². The molecule has 0 fully saturated rings. The molecule has 0 saturated heterocycles. The first-order valence-electron chi connectivity index (χ1n) is 10.6. The Morgan fingerprint density at radius 3 is 2.61 bits per heavy atom. The molecule has 6 nitrogen and oxygen atoms in total. The largest absolute Gasteiger partial charge is 0.493 e. The number of ketones is 1. The summed E-state index contributed by atoms with van der Waals surface area (Å²) in [6, 6.07) is 14.4. The van der Waals surface area contributed by atoms with E-state index in [-0.39, 0.29) is 11.7 Å². The lowest BCUT2D eigenvalue weighted by molar-refractivity contribution is 0.0962. The lowest BCUT2D eigenvalue weighted by Gasteiger charge is -2.30. The van der Waals surface area contributed by atoms with E-state index in [1.165, 1.54) is 11.1 Å². The Balaban J connectivity index is 1.42. The molecule has 6 heteroatoms. The highest BCUT2D eigenvalue weighted by atomic mass is 16.5. The molecule has 1 aromatic heterocycles. The SMILES string of the molecule is COc1ccc([C@@H]2CC(=O)c3cnc(N4CCc5ccccc5C4)nc3C2)cc1OC. The summed E-state index contributed by atoms with van der Waals surface area (Å²) in [5, 5.41) is 0. The van der Waals surface area contributed by atoms with Gasteiger partial charge < -0.3 is 14.4 Å². The van der Waals surface area contributed by atoms with Crippen molar-refractivity contribution >= 4 is 11.7 Å². The fourth-order valence-electron chi connectivity index (χ4n) is 4.60. The van der Waals surface area contributed by atoms with E-state index in [1.807, 2.05) is 18.2 Å². The molecule has 0 saturated carbocycles. The fourth-order valence-corrected chi connectivity index (χ4v) is 4.60. The van der Waals surface area contributed by atoms with Crippen molar-refractivity contribution in [3.8, 4) is 11.5 Å². The Kier molecular flexibility index (Phi) is 5.06. The van der Waals surface area contributed by atoms with Crippen LogP contribution in [-0.4, -0.2) is 36.5 Å². The molecule has 0 radical (unpaired) electrons. The van der Waals surface area contributed by atoms with Crippen LogP contribution in [0.25, 0.3) is 0 Å². The second-order valence-corrected chi connectivity index (χ2v) is 8.11. The fraction of sp³-hybridized carbons (Fsp3) is 0.320. The first-order valence-corrected chi connectivity index (χ1v) is 10.6. The first kappa shape index (κ1) is 19.5. The average molecular weight is 415 g/mol. The number of Topliss-reactive ketones (excluding diaryl/α,β-unsaturated/α-hetero) is 1. The number of anilines is 1. The van der Waals surface area contributed by atoms with Crippen LogP contribution in [0.1, 0.15) is 45.1 Å². The number of hydrogen-bond donors (Lipinski definition) is 0. The van der Waals surface area contributed by atoms with Crippen molar-refractivity contribution in [2.75, 3.05) is 25.7 Å². The molecule has 2 aliphatic rings. The summed E-state index contributed by atoms with van der Waals surface area (Å²) in [7, 11) is 3.24. The number of ether oxygens (including phenoxy) is 2. The normalized spacial score (nSPS) is 17.7. The highest BCUT2D eigenvalue weighted by molar-refractivity contribution is 5.98. The van der Waals surface area contributed by atoms with Gasteiger partial charge in [-0.2, -0.15) is 0 Å². The zero-order valence-corrected chi connectivity index (χ0v) is 17.8. The van der Waals surface area contributed by atoms with Crippen LogP contribution >= 0.6 is 0 Å². The second kappa shape index (κ2) is 8.02. The topological polar surface area (TPSA) is 64.5 Å². The maximum atomic E-state index is 12.8. The zero-order chi connectivity index (χ0) is 21.4. The maximum Gasteiger partial charge on any atom is 0.225 e. The number of methoxy groups -OCH3 is 2. The number of fused-ring (bicyclic) bond motifs is 2. The number of carbonyl (C=O) groups excluding carboxylic acids is 1. The molecule has 0 unspecified atom stereocenters. The van der Waals surface area contributed by atoms with Crippen LogP contribution in [0.4, 0.5) is 5.95 Å². The van der Waals surface area contributed by atoms with E-state index >= 15 is 0 Å². The van der Waals surface area contributed by atoms with Crippen molar-refractivity contribution in [3.05, 3.63) is 76.6 Å². The van der Waals surface area contributed by atoms with Crippen molar-refractivity contribution in [2.24, 2.45) is 0 Å². The van der Waals surface area contributed by atoms with Gasteiger partial charge in [0.2, 0.25) is 5.95 Å². The van der Waals surface area contributed by atoms with Crippen molar-refractivity contribution < 1.29 is 14.3 Å². The minimum Gasteiger partial charge on any atom is -0.493 e. The average Bonchev–Trinajstić information content (AvgIpc) is 2.82. The summed E-state index contributed by atoms with van der Waals surface area (Å²) in [6.45, 7) is 1.67. The van der Waals surface area contributed by atoms with E-state index in [4.69, 9.17) is 14.5 Å². The standard InChI is InChI=1S/C25H25N3O3/c1-30-23-8-7-17(13-24(23)31-2)19-11-21-20(22(29)12-19)14-26-25(27-21)28-10-9-16-5-3-4-6-18(16)15-28/h3-8,13-14,19H,9-12,15H2,1-2H3/t19-/m0/s1. The van der Waals surface area contributed by atoms with Crippen molar-refractivity contribution in [2.45, 2.75) is 31.7 Å². The van der Waals surface area contributed by atoms with Gasteiger partial charge in [0.25, 0.3) is 0 Å². The number of rotatable bonds is 4. The Labute approximate surface area is 181 Å². The quantitative estimate of drug-likeness (QED) is 0.643. The monoisotopic (exact) mass is 415 g/mol. The number of hydrogen-bond acceptors (Lipinski definition) is 6. The molecule has 1 atom stereocenters. The molecule has 2 aromatic carbocycles. The molecule has 3 aromatic rings. The van der Waals surface area contributed by atoms with Crippen LogP contribution in [0.5, 0.6) is 11.5 Å². The summed E-state index contributed by atoms with van der Waals surface area (Å²) in [4.78, 5) is 24.4. The molecule has 1 aliphatic carbocycles. The summed E-state index contributed by atoms with van der Waals surface area (Å²) in [6.07, 6.45) is 3.84. The predicted molar refractivity (Wildman–Crippen MR) is 118 cm³/mol. The van der Waals surface area contributed by atoms with Gasteiger partial charge in [-0.1, -0.05) is 30.3 Å². The van der Waals surface area contributed by atoms with Crippen LogP contribution in [0.2, 0.25) is 0 Å². The third-order valence-electron chi connectivity index (χ3n) is 6.32. The molecule has 31 heavy (non-hydrogen) atoms. The molecular weight excluding hydrogens is 390 g/mol. The van der Waals surface area contributed by atoms with Crippen LogP contribution in [0.15, 0.2) is 48.7 Å². The molecule has 5 rings (SSSR count). The van der Waals surface area contributed by atoms with Crippen LogP contribution < -0.4 is 14.4 Å². The summed E-state index contributed by atoms with van der Waals surface area (Å²) >= 11 is 0. The predicted octanol–water partition coefficient (Wildman–Crippen LogP) is 3.97. The summed E-state index contributed by atoms with van der Waals surface area (Å²) in [5.74, 6) is 2.22. The van der Waals surface area contributed by atoms with E-state index in [0.29, 0.717) is 35.9 Å². The van der Waals surface area contributed by atoms with E-state index in [0.717, 1.165) is 30.8 Å². The van der Waals surface area contributed by atoms with Crippen molar-refractivity contribution in [1.29, 1.82) is 0 Å². The maximum absolute atomic E-state index is 12.8. The molecule has 0 N–H and O–H groups in total. The van der Waals surface area contributed by atoms with Gasteiger partial charge >= 0.3 is 0 Å². The van der Waals surface area contributed by atoms with Crippen LogP contribution in [-0.2, 0) is 19.4 Å². The third-order valence-corrected chi connectivity index (χ3v) is 6.32. The molecule has 158 valence electrons. The second-order valence-electron chi connectivity index (χ2n) is 8.11. The van der Waals surface area contributed by atoms with Gasteiger partial charge in [-0.3, -0.25) is 4.79 Å². The minimum absolute atomic E-state index is 0.0598. The zero-order valence-electron chi connectivity index (χ0n) is 17.8. The minimum atomic E-state index is 0.0598. The van der Waals surface area contributed by atoms with Crippen LogP contribution in [0, 0.1) is 0 Å². The van der Waals surface area contributed by atoms with Crippen molar-refractivity contribution in [3.63, 3.8) is 0 Å². The molecular formula is C25H25N3O3. The van der Waals surface area contributed by atoms with E-state index in [9.17, 15) is 4.79 Å². The Bertz CT molecular complexity index is 1140. The smallest absolute Gasteiger partial charge is 0.225 e. The van der Waals surface area contributed by atoms with E-state index < -0.39 is 0 Å². The number of benzene rings is 2. The Hall–Kier alpha value is -3.41. The molecule has 0 amide bonds. The molecule has 1 aliphatic heterocycles. The van der Waals surface area contributed by atoms with Gasteiger partial charge in [0, 0.05) is 25.7 Å². The summed E-state index contributed by atoms with van der Waals surface area (Å²) in [5.41, 5.74) is 5.25. The van der Waals surface area contributed by atoms with Gasteiger partial charge in [0.15, 0.2) is 17.3 Å². The van der Waals surface area contributed by atoms with Crippen LogP contribution in [0.3, 0.4) is 0 Å². The van der Waals surface area contributed by atoms with Gasteiger partial charge in [-0.05, 0) is 47.6 Å². The molecule has 0 bridgehead atoms. The van der Waals surface area contributed by atoms with Gasteiger partial charge in [0.05, 0.1) is 25.5 Å². The molecule has 2 heterocycles. The lowest BCUT2D eigenvalue weighted by atomic mass is 9.82. The van der Waals surface area contributed by atoms with Crippen molar-refractivity contribution in [1.82, 2.24) is 9.97 Å². The number of aromatic nitrogens is 2. The number of carbonyl (C=O) groups is 1. The van der Waals surface area contributed by atoms with Gasteiger partial charge in [-0.15, -0.1) is 0 Å². The number of nitrogens with zero attached hydrogens (tertiary/aromatic N) is 3. The van der Waals surface area contributed by atoms with E-state index in [1.54, 1.807) is 20.4 Å². The van der Waals surface area contributed by atoms with Gasteiger partial charge in [-0.25, -0.2) is 9.97 Å². The highest BCUT2D eigenvalue weighted by Crippen LogP contribution is 2.37. The third kappa shape index (κ3) is 3.63. The molecule has 0 spiro atoms. The highest BCUT2D eigenvalue weighted by Gasteiger charge is 2.29.